The summed E-state index contributed by atoms with van der Waals surface area (Å²) in [6, 6.07) is 5.97. The Morgan fingerprint density at radius 1 is 1.26 bits per heavy atom. The van der Waals surface area contributed by atoms with Crippen LogP contribution in [0, 0.1) is 0 Å². The molecule has 0 unspecified atom stereocenters. The number of quaternary nitrogens is 1. The molecule has 0 amide bonds. The van der Waals surface area contributed by atoms with E-state index in [1.807, 2.05) is 28.8 Å². The van der Waals surface area contributed by atoms with Crippen LogP contribution in [0.25, 0.3) is 5.65 Å². The zero-order chi connectivity index (χ0) is 12.2. The highest BCUT2D eigenvalue weighted by molar-refractivity contribution is 7.99. The molecule has 0 spiro atoms. The Labute approximate surface area is 122 Å². The van der Waals surface area contributed by atoms with Gasteiger partial charge in [-0.1, -0.05) is 17.8 Å². The molecule has 3 heterocycles. The van der Waals surface area contributed by atoms with Crippen molar-refractivity contribution < 1.29 is 22.0 Å². The van der Waals surface area contributed by atoms with Crippen molar-refractivity contribution in [2.45, 2.75) is 5.16 Å². The van der Waals surface area contributed by atoms with Crippen LogP contribution >= 0.6 is 11.8 Å². The Morgan fingerprint density at radius 3 is 2.95 bits per heavy atom. The lowest BCUT2D eigenvalue weighted by molar-refractivity contribution is -0.905. The Balaban J connectivity index is 0.00000133. The van der Waals surface area contributed by atoms with Crippen molar-refractivity contribution >= 4 is 17.4 Å². The van der Waals surface area contributed by atoms with Gasteiger partial charge in [-0.05, 0) is 12.1 Å². The van der Waals surface area contributed by atoms with Crippen molar-refractivity contribution in [1.29, 1.82) is 0 Å². The van der Waals surface area contributed by atoms with Crippen LogP contribution in [0.5, 0.6) is 0 Å². The molecule has 0 radical (unpaired) electrons. The molecule has 104 valence electrons. The summed E-state index contributed by atoms with van der Waals surface area (Å²) in [5.41, 5.74) is 0.915. The number of halogens is 1. The predicted molar refractivity (Wildman–Crippen MR) is 70.1 cm³/mol. The number of pyridine rings is 1. The van der Waals surface area contributed by atoms with Gasteiger partial charge < -0.3 is 22.0 Å². The summed E-state index contributed by atoms with van der Waals surface area (Å²) in [7, 11) is 0. The number of thioether (sulfide) groups is 1. The zero-order valence-corrected chi connectivity index (χ0v) is 12.2. The second-order valence-electron chi connectivity index (χ2n) is 4.37. The Morgan fingerprint density at radius 2 is 2.11 bits per heavy atom. The smallest absolute Gasteiger partial charge is 0.195 e. The van der Waals surface area contributed by atoms with Crippen LogP contribution in [0.3, 0.4) is 0 Å². The Bertz CT molecular complexity index is 515. The molecule has 1 aliphatic rings. The molecule has 3 rings (SSSR count). The minimum absolute atomic E-state index is 0. The highest BCUT2D eigenvalue weighted by atomic mass is 35.5. The monoisotopic (exact) mass is 300 g/mol. The van der Waals surface area contributed by atoms with Crippen molar-refractivity contribution in [3.63, 3.8) is 0 Å². The predicted octanol–water partition coefficient (Wildman–Crippen LogP) is -3.26. The Kier molecular flexibility index (Phi) is 5.45. The summed E-state index contributed by atoms with van der Waals surface area (Å²) in [5.74, 6) is 1.07. The van der Waals surface area contributed by atoms with Crippen molar-refractivity contribution in [2.75, 3.05) is 38.6 Å². The summed E-state index contributed by atoms with van der Waals surface area (Å²) in [6.45, 7) is 5.21. The second-order valence-corrected chi connectivity index (χ2v) is 5.43. The first-order valence-electron chi connectivity index (χ1n) is 6.27. The van der Waals surface area contributed by atoms with Crippen LogP contribution in [0.2, 0.25) is 0 Å². The number of aromatic nitrogens is 3. The molecule has 7 heteroatoms. The maximum absolute atomic E-state index is 5.36. The fourth-order valence-electron chi connectivity index (χ4n) is 2.11. The Hall–Kier alpha value is -0.820. The van der Waals surface area contributed by atoms with E-state index in [1.54, 1.807) is 16.7 Å². The van der Waals surface area contributed by atoms with Gasteiger partial charge in [0, 0.05) is 6.20 Å². The molecule has 0 bridgehead atoms. The van der Waals surface area contributed by atoms with E-state index in [1.165, 1.54) is 0 Å². The second kappa shape index (κ2) is 7.09. The highest BCUT2D eigenvalue weighted by Crippen LogP contribution is 2.15. The molecule has 0 atom stereocenters. The molecular weight excluding hydrogens is 284 g/mol. The SMILES string of the molecule is [Cl-].c1ccn2c(SCC[NH+]3CCOCC3)nnc2c1. The highest BCUT2D eigenvalue weighted by Gasteiger charge is 2.14. The number of morpholine rings is 1. The van der Waals surface area contributed by atoms with Gasteiger partial charge in [0.1, 0.15) is 13.1 Å². The normalized spacial score (nSPS) is 16.4. The number of ether oxygens (including phenoxy) is 1. The number of rotatable bonds is 4. The van der Waals surface area contributed by atoms with E-state index in [9.17, 15) is 0 Å². The van der Waals surface area contributed by atoms with Crippen molar-refractivity contribution in [1.82, 2.24) is 14.6 Å². The van der Waals surface area contributed by atoms with Crippen molar-refractivity contribution in [3.05, 3.63) is 24.4 Å². The van der Waals surface area contributed by atoms with Crippen LogP contribution in [0.15, 0.2) is 29.6 Å². The molecule has 2 aromatic heterocycles. The minimum Gasteiger partial charge on any atom is -1.00 e. The number of fused-ring (bicyclic) bond motifs is 1. The van der Waals surface area contributed by atoms with Crippen LogP contribution in [-0.4, -0.2) is 53.2 Å². The average Bonchev–Trinajstić information content (AvgIpc) is 2.84. The third kappa shape index (κ3) is 3.60. The zero-order valence-electron chi connectivity index (χ0n) is 10.6. The lowest BCUT2D eigenvalue weighted by Gasteiger charge is -2.23. The molecule has 1 aliphatic heterocycles. The molecule has 0 saturated carbocycles. The third-order valence-corrected chi connectivity index (χ3v) is 4.11. The fourth-order valence-corrected chi connectivity index (χ4v) is 3.08. The van der Waals surface area contributed by atoms with Gasteiger partial charge in [-0.3, -0.25) is 4.40 Å². The van der Waals surface area contributed by atoms with E-state index < -0.39 is 0 Å². The lowest BCUT2D eigenvalue weighted by atomic mass is 10.4. The van der Waals surface area contributed by atoms with Gasteiger partial charge in [0.15, 0.2) is 10.8 Å². The van der Waals surface area contributed by atoms with Gasteiger partial charge in [-0.2, -0.15) is 0 Å². The first-order chi connectivity index (χ1) is 8.93. The van der Waals surface area contributed by atoms with E-state index in [4.69, 9.17) is 4.74 Å². The summed E-state index contributed by atoms with van der Waals surface area (Å²) in [4.78, 5) is 1.63. The number of hydrogen-bond acceptors (Lipinski definition) is 4. The maximum atomic E-state index is 5.36. The van der Waals surface area contributed by atoms with E-state index >= 15 is 0 Å². The first kappa shape index (κ1) is 14.6. The molecule has 0 aromatic carbocycles. The molecular formula is C12H17ClN4OS. The summed E-state index contributed by atoms with van der Waals surface area (Å²) >= 11 is 1.78. The summed E-state index contributed by atoms with van der Waals surface area (Å²) in [5, 5.41) is 9.35. The van der Waals surface area contributed by atoms with Gasteiger partial charge in [0.05, 0.1) is 25.5 Å². The van der Waals surface area contributed by atoms with Gasteiger partial charge in [-0.15, -0.1) is 10.2 Å². The third-order valence-electron chi connectivity index (χ3n) is 3.17. The molecule has 1 saturated heterocycles. The van der Waals surface area contributed by atoms with E-state index in [0.717, 1.165) is 49.4 Å². The van der Waals surface area contributed by atoms with Crippen molar-refractivity contribution in [2.24, 2.45) is 0 Å². The molecule has 0 aliphatic carbocycles. The average molecular weight is 301 g/mol. The topological polar surface area (TPSA) is 43.9 Å². The molecule has 19 heavy (non-hydrogen) atoms. The maximum Gasteiger partial charge on any atom is 0.195 e. The van der Waals surface area contributed by atoms with E-state index in [2.05, 4.69) is 10.2 Å². The lowest BCUT2D eigenvalue weighted by Crippen LogP contribution is -3.14. The molecule has 1 N–H and O–H groups in total. The van der Waals surface area contributed by atoms with E-state index in [0.29, 0.717) is 0 Å². The van der Waals surface area contributed by atoms with Gasteiger partial charge in [0.2, 0.25) is 0 Å². The minimum atomic E-state index is 0. The van der Waals surface area contributed by atoms with Crippen LogP contribution < -0.4 is 17.3 Å². The molecule has 2 aromatic rings. The molecule has 5 nitrogen and oxygen atoms in total. The summed E-state index contributed by atoms with van der Waals surface area (Å²) < 4.78 is 7.40. The van der Waals surface area contributed by atoms with Crippen LogP contribution in [0.1, 0.15) is 0 Å². The fraction of sp³-hybridized carbons (Fsp3) is 0.500. The standard InChI is InChI=1S/C12H16N4OS.ClH/c1-2-4-16-11(3-1)13-14-12(16)18-10-7-15-5-8-17-9-6-15;/h1-4H,5-10H2;1H. The largest absolute Gasteiger partial charge is 1.00 e. The number of nitrogens with one attached hydrogen (secondary N) is 1. The van der Waals surface area contributed by atoms with Crippen LogP contribution in [-0.2, 0) is 4.74 Å². The first-order valence-corrected chi connectivity index (χ1v) is 7.26. The molecule has 1 fully saturated rings. The van der Waals surface area contributed by atoms with Gasteiger partial charge >= 0.3 is 0 Å². The van der Waals surface area contributed by atoms with Gasteiger partial charge in [0.25, 0.3) is 0 Å². The number of hydrogen-bond donors (Lipinski definition) is 1. The van der Waals surface area contributed by atoms with Gasteiger partial charge in [-0.25, -0.2) is 0 Å². The number of nitrogens with zero attached hydrogens (tertiary/aromatic N) is 3. The van der Waals surface area contributed by atoms with Crippen molar-refractivity contribution in [3.8, 4) is 0 Å². The quantitative estimate of drug-likeness (QED) is 0.602. The van der Waals surface area contributed by atoms with Crippen LogP contribution in [0.4, 0.5) is 0 Å². The summed E-state index contributed by atoms with van der Waals surface area (Å²) in [6.07, 6.45) is 2.01. The van der Waals surface area contributed by atoms with E-state index in [-0.39, 0.29) is 12.4 Å².